The molecule has 4 rings (SSSR count). The molecule has 0 fully saturated rings. The summed E-state index contributed by atoms with van der Waals surface area (Å²) in [7, 11) is 0. The number of nitrogens with one attached hydrogen (secondary N) is 2. The van der Waals surface area contributed by atoms with Gasteiger partial charge in [0.1, 0.15) is 5.82 Å². The lowest BCUT2D eigenvalue weighted by molar-refractivity contribution is 0.916. The van der Waals surface area contributed by atoms with Crippen molar-refractivity contribution < 1.29 is 0 Å². The first-order chi connectivity index (χ1) is 13.1. The van der Waals surface area contributed by atoms with E-state index in [0.717, 1.165) is 20.7 Å². The average Bonchev–Trinajstić information content (AvgIpc) is 3.10. The molecule has 0 unspecified atom stereocenters. The van der Waals surface area contributed by atoms with Crippen LogP contribution in [0.5, 0.6) is 0 Å². The highest BCUT2D eigenvalue weighted by molar-refractivity contribution is 8.01. The summed E-state index contributed by atoms with van der Waals surface area (Å²) in [5, 5.41) is 13.0. The van der Waals surface area contributed by atoms with Crippen LogP contribution in [-0.4, -0.2) is 20.2 Å². The summed E-state index contributed by atoms with van der Waals surface area (Å²) in [5.74, 6) is 0.632. The quantitative estimate of drug-likeness (QED) is 0.477. The Morgan fingerprint density at radius 3 is 2.74 bits per heavy atom. The van der Waals surface area contributed by atoms with Gasteiger partial charge >= 0.3 is 0 Å². The van der Waals surface area contributed by atoms with Gasteiger partial charge < -0.3 is 10.3 Å². The molecule has 27 heavy (non-hydrogen) atoms. The highest BCUT2D eigenvalue weighted by Crippen LogP contribution is 2.36. The number of anilines is 2. The maximum absolute atomic E-state index is 12.3. The van der Waals surface area contributed by atoms with Crippen LogP contribution in [0.1, 0.15) is 23.6 Å². The molecule has 136 valence electrons. The monoisotopic (exact) mass is 395 g/mol. The largest absolute Gasteiger partial charge is 0.330 e. The first-order valence-corrected chi connectivity index (χ1v) is 10.1. The van der Waals surface area contributed by atoms with E-state index in [-0.39, 0.29) is 10.8 Å². The minimum Gasteiger partial charge on any atom is -0.330 e. The molecule has 2 aromatic carbocycles. The highest BCUT2D eigenvalue weighted by Gasteiger charge is 2.15. The standard InChI is InChI=1S/C19H17N5OS2/c1-11-7-3-5-9-14(11)21-18-23-24-19(27-18)26-12(2)16-20-15-10-6-4-8-13(15)17(25)22-16/h3-10,12H,1-2H3,(H,21,23)(H,20,22,25)/t12-/m1/s1. The van der Waals surface area contributed by atoms with Gasteiger partial charge in [-0.2, -0.15) is 0 Å². The van der Waals surface area contributed by atoms with E-state index in [0.29, 0.717) is 16.7 Å². The lowest BCUT2D eigenvalue weighted by atomic mass is 10.2. The van der Waals surface area contributed by atoms with Gasteiger partial charge in [-0.05, 0) is 37.6 Å². The maximum atomic E-state index is 12.3. The van der Waals surface area contributed by atoms with Gasteiger partial charge in [-0.1, -0.05) is 53.4 Å². The fraction of sp³-hybridized carbons (Fsp3) is 0.158. The number of hydrogen-bond donors (Lipinski definition) is 2. The summed E-state index contributed by atoms with van der Waals surface area (Å²) in [6.07, 6.45) is 0. The van der Waals surface area contributed by atoms with Crippen LogP contribution in [0.25, 0.3) is 10.9 Å². The Bertz CT molecular complexity index is 1150. The van der Waals surface area contributed by atoms with Crippen molar-refractivity contribution in [2.45, 2.75) is 23.4 Å². The second-order valence-electron chi connectivity index (χ2n) is 6.04. The summed E-state index contributed by atoms with van der Waals surface area (Å²) < 4.78 is 0.814. The summed E-state index contributed by atoms with van der Waals surface area (Å²) in [4.78, 5) is 19.7. The van der Waals surface area contributed by atoms with Crippen molar-refractivity contribution in [2.75, 3.05) is 5.32 Å². The molecule has 2 aromatic heterocycles. The van der Waals surface area contributed by atoms with Crippen molar-refractivity contribution in [1.29, 1.82) is 0 Å². The molecule has 6 nitrogen and oxygen atoms in total. The second kappa shape index (κ2) is 7.50. The van der Waals surface area contributed by atoms with Gasteiger partial charge in [0.2, 0.25) is 5.13 Å². The van der Waals surface area contributed by atoms with E-state index >= 15 is 0 Å². The van der Waals surface area contributed by atoms with Crippen LogP contribution in [0.2, 0.25) is 0 Å². The molecule has 8 heteroatoms. The van der Waals surface area contributed by atoms with Gasteiger partial charge in [0.15, 0.2) is 4.34 Å². The number of aryl methyl sites for hydroxylation is 1. The van der Waals surface area contributed by atoms with Gasteiger partial charge in [-0.25, -0.2) is 4.98 Å². The summed E-state index contributed by atoms with van der Waals surface area (Å²) in [6.45, 7) is 4.04. The molecule has 0 amide bonds. The molecule has 2 heterocycles. The van der Waals surface area contributed by atoms with E-state index in [2.05, 4.69) is 25.5 Å². The lowest BCUT2D eigenvalue weighted by Crippen LogP contribution is -2.12. The lowest BCUT2D eigenvalue weighted by Gasteiger charge is -2.09. The summed E-state index contributed by atoms with van der Waals surface area (Å²) in [5.41, 5.74) is 2.73. The van der Waals surface area contributed by atoms with Crippen molar-refractivity contribution >= 4 is 44.8 Å². The van der Waals surface area contributed by atoms with Crippen LogP contribution < -0.4 is 10.9 Å². The van der Waals surface area contributed by atoms with Crippen LogP contribution in [0.15, 0.2) is 57.7 Å². The van der Waals surface area contributed by atoms with Crippen LogP contribution >= 0.6 is 23.1 Å². The number of aromatic nitrogens is 4. The number of fused-ring (bicyclic) bond motifs is 1. The topological polar surface area (TPSA) is 83.6 Å². The Balaban J connectivity index is 1.52. The number of para-hydroxylation sites is 2. The van der Waals surface area contributed by atoms with Crippen molar-refractivity contribution in [3.63, 3.8) is 0 Å². The molecule has 0 aliphatic rings. The van der Waals surface area contributed by atoms with E-state index < -0.39 is 0 Å². The van der Waals surface area contributed by atoms with Crippen LogP contribution in [-0.2, 0) is 0 Å². The minimum atomic E-state index is -0.123. The second-order valence-corrected chi connectivity index (χ2v) is 8.61. The number of aromatic amines is 1. The Morgan fingerprint density at radius 1 is 1.11 bits per heavy atom. The molecule has 0 aliphatic carbocycles. The minimum absolute atomic E-state index is 0.0541. The fourth-order valence-electron chi connectivity index (χ4n) is 2.64. The molecular formula is C19H17N5OS2. The van der Waals surface area contributed by atoms with E-state index in [1.54, 1.807) is 6.07 Å². The third-order valence-corrected chi connectivity index (χ3v) is 6.12. The Morgan fingerprint density at radius 2 is 1.89 bits per heavy atom. The normalized spacial score (nSPS) is 12.2. The van der Waals surface area contributed by atoms with Crippen molar-refractivity contribution in [3.8, 4) is 0 Å². The number of nitrogens with zero attached hydrogens (tertiary/aromatic N) is 3. The van der Waals surface area contributed by atoms with E-state index in [1.165, 1.54) is 23.1 Å². The number of benzene rings is 2. The molecular weight excluding hydrogens is 378 g/mol. The highest BCUT2D eigenvalue weighted by atomic mass is 32.2. The first kappa shape index (κ1) is 17.7. The van der Waals surface area contributed by atoms with Gasteiger partial charge in [-0.15, -0.1) is 10.2 Å². The average molecular weight is 396 g/mol. The van der Waals surface area contributed by atoms with E-state index in [1.807, 2.05) is 56.3 Å². The van der Waals surface area contributed by atoms with Crippen molar-refractivity contribution in [2.24, 2.45) is 0 Å². The van der Waals surface area contributed by atoms with Gasteiger partial charge in [-0.3, -0.25) is 4.79 Å². The molecule has 0 spiro atoms. The predicted octanol–water partition coefficient (Wildman–Crippen LogP) is 4.68. The van der Waals surface area contributed by atoms with Crippen molar-refractivity contribution in [3.05, 3.63) is 70.3 Å². The molecule has 0 saturated heterocycles. The molecule has 0 bridgehead atoms. The van der Waals surface area contributed by atoms with Crippen LogP contribution in [0, 0.1) is 6.92 Å². The number of hydrogen-bond acceptors (Lipinski definition) is 7. The molecule has 1 atom stereocenters. The smallest absolute Gasteiger partial charge is 0.258 e. The van der Waals surface area contributed by atoms with Gasteiger partial charge in [0, 0.05) is 5.69 Å². The van der Waals surface area contributed by atoms with Crippen molar-refractivity contribution in [1.82, 2.24) is 20.2 Å². The number of rotatable bonds is 5. The molecule has 2 N–H and O–H groups in total. The Kier molecular flexibility index (Phi) is 4.91. The Labute approximate surface area is 164 Å². The van der Waals surface area contributed by atoms with Gasteiger partial charge in [0.05, 0.1) is 16.2 Å². The predicted molar refractivity (Wildman–Crippen MR) is 111 cm³/mol. The van der Waals surface area contributed by atoms with Crippen LogP contribution in [0.4, 0.5) is 10.8 Å². The fourth-order valence-corrected chi connectivity index (χ4v) is 4.61. The van der Waals surface area contributed by atoms with Crippen LogP contribution in [0.3, 0.4) is 0 Å². The molecule has 4 aromatic rings. The molecule has 0 saturated carbocycles. The Hall–Kier alpha value is -2.71. The summed E-state index contributed by atoms with van der Waals surface area (Å²) >= 11 is 3.00. The summed E-state index contributed by atoms with van der Waals surface area (Å²) in [6, 6.07) is 15.4. The van der Waals surface area contributed by atoms with E-state index in [4.69, 9.17) is 0 Å². The first-order valence-electron chi connectivity index (χ1n) is 8.42. The molecule has 0 aliphatic heterocycles. The number of thioether (sulfide) groups is 1. The number of H-pyrrole nitrogens is 1. The zero-order valence-electron chi connectivity index (χ0n) is 14.8. The van der Waals surface area contributed by atoms with Gasteiger partial charge in [0.25, 0.3) is 5.56 Å². The molecule has 0 radical (unpaired) electrons. The zero-order valence-corrected chi connectivity index (χ0v) is 16.4. The van der Waals surface area contributed by atoms with E-state index in [9.17, 15) is 4.79 Å². The zero-order chi connectivity index (χ0) is 18.8. The third-order valence-electron chi connectivity index (χ3n) is 4.09. The maximum Gasteiger partial charge on any atom is 0.258 e. The SMILES string of the molecule is Cc1ccccc1Nc1nnc(S[C@H](C)c2nc3ccccc3c(=O)[nH]2)s1. The third kappa shape index (κ3) is 3.86.